The molecule has 1 saturated heterocycles. The molecule has 2 aliphatic heterocycles. The number of pyridine rings is 1. The van der Waals surface area contributed by atoms with Gasteiger partial charge in [-0.2, -0.15) is 4.68 Å². The number of nitrogens with zero attached hydrogens (tertiary/aromatic N) is 7. The SMILES string of the molecule is CC1=C(N2CC[C@]3(CC[C@H](N(C)[C@H](C)c4ccc(-n5cnnn5)nc4)CC3)C2=O)COC1=O. The van der Waals surface area contributed by atoms with E-state index in [0.717, 1.165) is 43.4 Å². The van der Waals surface area contributed by atoms with Crippen LogP contribution in [0.3, 0.4) is 0 Å². The molecule has 1 aliphatic carbocycles. The van der Waals surface area contributed by atoms with Crippen LogP contribution in [-0.4, -0.2) is 73.1 Å². The van der Waals surface area contributed by atoms with E-state index in [2.05, 4.69) is 45.4 Å². The molecular formula is C23H29N7O3. The Kier molecular flexibility index (Phi) is 5.48. The number of carbonyl (C=O) groups excluding carboxylic acids is 2. The first-order chi connectivity index (χ1) is 15.9. The Hall–Kier alpha value is -3.14. The first-order valence-electron chi connectivity index (χ1n) is 11.5. The zero-order chi connectivity index (χ0) is 23.2. The van der Waals surface area contributed by atoms with Gasteiger partial charge in [0.15, 0.2) is 5.82 Å². The number of aromatic nitrogens is 5. The van der Waals surface area contributed by atoms with Gasteiger partial charge in [0.1, 0.15) is 12.9 Å². The number of carbonyl (C=O) groups is 2. The largest absolute Gasteiger partial charge is 0.456 e. The van der Waals surface area contributed by atoms with Gasteiger partial charge in [-0.1, -0.05) is 6.07 Å². The maximum atomic E-state index is 13.4. The smallest absolute Gasteiger partial charge is 0.336 e. The van der Waals surface area contributed by atoms with Crippen molar-refractivity contribution in [3.05, 3.63) is 41.5 Å². The fourth-order valence-corrected chi connectivity index (χ4v) is 5.45. The van der Waals surface area contributed by atoms with Gasteiger partial charge in [-0.15, -0.1) is 5.10 Å². The van der Waals surface area contributed by atoms with Crippen LogP contribution in [0.15, 0.2) is 35.9 Å². The molecule has 1 saturated carbocycles. The summed E-state index contributed by atoms with van der Waals surface area (Å²) in [6.07, 6.45) is 7.96. The van der Waals surface area contributed by atoms with Crippen LogP contribution in [0.1, 0.15) is 57.6 Å². The number of cyclic esters (lactones) is 1. The predicted octanol–water partition coefficient (Wildman–Crippen LogP) is 2.04. The molecule has 10 heteroatoms. The summed E-state index contributed by atoms with van der Waals surface area (Å²) in [6, 6.07) is 4.59. The highest BCUT2D eigenvalue weighted by Crippen LogP contribution is 2.47. The van der Waals surface area contributed by atoms with Crippen molar-refractivity contribution in [3.8, 4) is 5.82 Å². The molecule has 33 heavy (non-hydrogen) atoms. The molecule has 2 aromatic heterocycles. The quantitative estimate of drug-likeness (QED) is 0.636. The van der Waals surface area contributed by atoms with Gasteiger partial charge in [0.2, 0.25) is 5.91 Å². The van der Waals surface area contributed by atoms with Gasteiger partial charge >= 0.3 is 5.97 Å². The highest BCUT2D eigenvalue weighted by Gasteiger charge is 2.50. The zero-order valence-electron chi connectivity index (χ0n) is 19.3. The van der Waals surface area contributed by atoms with Crippen molar-refractivity contribution < 1.29 is 14.3 Å². The highest BCUT2D eigenvalue weighted by molar-refractivity contribution is 5.94. The summed E-state index contributed by atoms with van der Waals surface area (Å²) in [5.41, 5.74) is 2.16. The summed E-state index contributed by atoms with van der Waals surface area (Å²) in [5, 5.41) is 11.2. The fourth-order valence-electron chi connectivity index (χ4n) is 5.45. The Balaban J connectivity index is 1.22. The molecule has 174 valence electrons. The summed E-state index contributed by atoms with van der Waals surface area (Å²) in [7, 11) is 2.15. The van der Waals surface area contributed by atoms with Crippen LogP contribution in [0.25, 0.3) is 5.82 Å². The van der Waals surface area contributed by atoms with E-state index < -0.39 is 0 Å². The van der Waals surface area contributed by atoms with E-state index >= 15 is 0 Å². The highest BCUT2D eigenvalue weighted by atomic mass is 16.5. The molecule has 1 amide bonds. The molecule has 10 nitrogen and oxygen atoms in total. The maximum Gasteiger partial charge on any atom is 0.336 e. The topological polar surface area (TPSA) is 106 Å². The lowest BCUT2D eigenvalue weighted by atomic mass is 9.71. The van der Waals surface area contributed by atoms with Gasteiger partial charge < -0.3 is 9.64 Å². The van der Waals surface area contributed by atoms with Crippen LogP contribution in [0.5, 0.6) is 0 Å². The maximum absolute atomic E-state index is 13.4. The molecule has 0 bridgehead atoms. The molecule has 0 unspecified atom stereocenters. The first kappa shape index (κ1) is 21.7. The lowest BCUT2D eigenvalue weighted by molar-refractivity contribution is -0.138. The summed E-state index contributed by atoms with van der Waals surface area (Å²) in [4.78, 5) is 33.8. The summed E-state index contributed by atoms with van der Waals surface area (Å²) < 4.78 is 6.66. The average Bonchev–Trinajstić information content (AvgIpc) is 3.56. The third-order valence-electron chi connectivity index (χ3n) is 7.85. The summed E-state index contributed by atoms with van der Waals surface area (Å²) in [6.45, 7) is 4.83. The molecule has 2 fully saturated rings. The van der Waals surface area contributed by atoms with Gasteiger partial charge in [0.25, 0.3) is 0 Å². The third kappa shape index (κ3) is 3.72. The van der Waals surface area contributed by atoms with Gasteiger partial charge in [-0.25, -0.2) is 9.78 Å². The predicted molar refractivity (Wildman–Crippen MR) is 118 cm³/mol. The van der Waals surface area contributed by atoms with Crippen LogP contribution in [0.2, 0.25) is 0 Å². The Labute approximate surface area is 192 Å². The minimum absolute atomic E-state index is 0.173. The Bertz CT molecular complexity index is 1070. The van der Waals surface area contributed by atoms with E-state index in [1.54, 1.807) is 6.92 Å². The molecular weight excluding hydrogens is 422 g/mol. The number of hydrogen-bond acceptors (Lipinski definition) is 8. The molecule has 0 aromatic carbocycles. The van der Waals surface area contributed by atoms with Crippen molar-refractivity contribution in [2.24, 2.45) is 5.41 Å². The van der Waals surface area contributed by atoms with E-state index in [1.165, 1.54) is 11.0 Å². The lowest BCUT2D eigenvalue weighted by Crippen LogP contribution is -2.43. The van der Waals surface area contributed by atoms with Crippen LogP contribution < -0.4 is 0 Å². The molecule has 5 rings (SSSR count). The monoisotopic (exact) mass is 451 g/mol. The summed E-state index contributed by atoms with van der Waals surface area (Å²) >= 11 is 0. The number of tetrazole rings is 1. The van der Waals surface area contributed by atoms with Crippen molar-refractivity contribution in [1.82, 2.24) is 35.0 Å². The van der Waals surface area contributed by atoms with Crippen LogP contribution >= 0.6 is 0 Å². The number of esters is 1. The van der Waals surface area contributed by atoms with E-state index in [-0.39, 0.29) is 29.9 Å². The van der Waals surface area contributed by atoms with E-state index in [9.17, 15) is 9.59 Å². The Morgan fingerprint density at radius 3 is 2.61 bits per heavy atom. The van der Waals surface area contributed by atoms with E-state index in [1.807, 2.05) is 17.2 Å². The third-order valence-corrected chi connectivity index (χ3v) is 7.85. The van der Waals surface area contributed by atoms with Gasteiger partial charge in [-0.3, -0.25) is 9.69 Å². The van der Waals surface area contributed by atoms with Crippen molar-refractivity contribution in [1.29, 1.82) is 0 Å². The van der Waals surface area contributed by atoms with Crippen molar-refractivity contribution in [2.45, 2.75) is 58.0 Å². The second-order valence-electron chi connectivity index (χ2n) is 9.41. The van der Waals surface area contributed by atoms with Crippen LogP contribution in [-0.2, 0) is 14.3 Å². The second-order valence-corrected chi connectivity index (χ2v) is 9.41. The minimum Gasteiger partial charge on any atom is -0.456 e. The first-order valence-corrected chi connectivity index (χ1v) is 11.5. The number of likely N-dealkylation sites (tertiary alicyclic amines) is 1. The molecule has 1 spiro atoms. The van der Waals surface area contributed by atoms with E-state index in [0.29, 0.717) is 24.0 Å². The number of rotatable bonds is 5. The van der Waals surface area contributed by atoms with Crippen LogP contribution in [0, 0.1) is 5.41 Å². The lowest BCUT2D eigenvalue weighted by Gasteiger charge is -2.41. The molecule has 2 aromatic rings. The van der Waals surface area contributed by atoms with Crippen molar-refractivity contribution in [3.63, 3.8) is 0 Å². The normalized spacial score (nSPS) is 26.5. The molecule has 1 atom stereocenters. The molecule has 4 heterocycles. The Morgan fingerprint density at radius 2 is 2.00 bits per heavy atom. The standard InChI is InChI=1S/C23H29N7O3/c1-15-19(13-33-21(15)31)29-11-10-23(22(29)32)8-6-18(7-9-23)28(3)16(2)17-4-5-20(24-12-17)30-14-25-26-27-30/h4-5,12,14,16,18H,6-11,13H2,1-3H3/t16-,18-,23+/m1/s1. The Morgan fingerprint density at radius 1 is 1.21 bits per heavy atom. The number of hydrogen-bond donors (Lipinski definition) is 0. The average molecular weight is 452 g/mol. The zero-order valence-corrected chi connectivity index (χ0v) is 19.3. The van der Waals surface area contributed by atoms with E-state index in [4.69, 9.17) is 4.74 Å². The summed E-state index contributed by atoms with van der Waals surface area (Å²) in [5.74, 6) is 0.549. The van der Waals surface area contributed by atoms with Crippen molar-refractivity contribution in [2.75, 3.05) is 20.2 Å². The van der Waals surface area contributed by atoms with Crippen LogP contribution in [0.4, 0.5) is 0 Å². The van der Waals surface area contributed by atoms with Crippen molar-refractivity contribution >= 4 is 11.9 Å². The molecule has 3 aliphatic rings. The fraction of sp³-hybridized carbons (Fsp3) is 0.565. The second kappa shape index (κ2) is 8.33. The number of amides is 1. The minimum atomic E-state index is -0.307. The molecule has 0 N–H and O–H groups in total. The van der Waals surface area contributed by atoms with Gasteiger partial charge in [0, 0.05) is 24.8 Å². The van der Waals surface area contributed by atoms with Gasteiger partial charge in [-0.05, 0) is 75.1 Å². The van der Waals surface area contributed by atoms with Gasteiger partial charge in [0.05, 0.1) is 16.7 Å². The molecule has 0 radical (unpaired) electrons. The number of ether oxygens (including phenoxy) is 1.